The Balaban J connectivity index is 0. The van der Waals surface area contributed by atoms with E-state index in [1.807, 2.05) is 19.2 Å². The van der Waals surface area contributed by atoms with Crippen LogP contribution < -0.4 is 56.7 Å². The average molecular weight is 251 g/mol. The minimum absolute atomic E-state index is 0. The van der Waals surface area contributed by atoms with Crippen LogP contribution in [0.5, 0.6) is 0 Å². The van der Waals surface area contributed by atoms with Gasteiger partial charge in [-0.05, 0) is 12.5 Å². The third kappa shape index (κ3) is 14.8. The van der Waals surface area contributed by atoms with Crippen LogP contribution in [0, 0.1) is 5.92 Å². The first-order valence-corrected chi connectivity index (χ1v) is 4.43. The molecule has 1 amide bonds. The molecule has 8 heteroatoms. The van der Waals surface area contributed by atoms with Crippen LogP contribution in [0.1, 0.15) is 13.8 Å². The van der Waals surface area contributed by atoms with E-state index < -0.39 is 25.9 Å². The average Bonchev–Trinajstić information content (AvgIpc) is 1.98. The van der Waals surface area contributed by atoms with Crippen molar-refractivity contribution in [1.82, 2.24) is 5.32 Å². The second kappa shape index (κ2) is 8.86. The van der Waals surface area contributed by atoms with Gasteiger partial charge in [0.25, 0.3) is 0 Å². The van der Waals surface area contributed by atoms with Crippen LogP contribution in [0.2, 0.25) is 6.32 Å². The van der Waals surface area contributed by atoms with Gasteiger partial charge in [0.15, 0.2) is 0 Å². The summed E-state index contributed by atoms with van der Waals surface area (Å²) in [7, 11) is 0. The van der Waals surface area contributed by atoms with E-state index in [0.717, 1.165) is 0 Å². The summed E-state index contributed by atoms with van der Waals surface area (Å²) in [6.07, 6.45) is -1.77. The minimum atomic E-state index is -4.83. The zero-order valence-electron chi connectivity index (χ0n) is 9.23. The Kier molecular flexibility index (Phi) is 10.7. The summed E-state index contributed by atoms with van der Waals surface area (Å²) in [5, 5.41) is 2.03. The molecule has 0 saturated carbocycles. The SMILES string of the molecule is CC(C)COC(=O)NCC[B-](F)(F)F.[K+]. The predicted octanol–water partition coefficient (Wildman–Crippen LogP) is -0.780. The maximum absolute atomic E-state index is 11.7. The van der Waals surface area contributed by atoms with Crippen LogP contribution >= 0.6 is 0 Å². The molecule has 0 aromatic heterocycles. The van der Waals surface area contributed by atoms with Crippen LogP contribution in [-0.2, 0) is 4.74 Å². The molecule has 0 spiro atoms. The Morgan fingerprint density at radius 2 is 1.93 bits per heavy atom. The van der Waals surface area contributed by atoms with Gasteiger partial charge in [-0.1, -0.05) is 20.2 Å². The van der Waals surface area contributed by atoms with Crippen molar-refractivity contribution in [3.05, 3.63) is 0 Å². The first kappa shape index (κ1) is 18.1. The molecule has 0 rings (SSSR count). The second-order valence-corrected chi connectivity index (χ2v) is 3.42. The summed E-state index contributed by atoms with van der Waals surface area (Å²) in [5.41, 5.74) is 0. The monoisotopic (exact) mass is 251 g/mol. The number of hydrogen-bond donors (Lipinski definition) is 1. The van der Waals surface area contributed by atoms with Gasteiger partial charge in [-0.15, -0.1) is 0 Å². The van der Waals surface area contributed by atoms with E-state index in [4.69, 9.17) is 0 Å². The van der Waals surface area contributed by atoms with Crippen LogP contribution in [0.25, 0.3) is 0 Å². The molecule has 0 aromatic rings. The van der Waals surface area contributed by atoms with Crippen molar-refractivity contribution in [2.45, 2.75) is 20.2 Å². The third-order valence-corrected chi connectivity index (χ3v) is 1.29. The standard InChI is InChI=1S/C7H14BF3NO2.K/c1-6(2)5-14-7(13)12-4-3-8(9,10)11;/h6H,3-5H2,1-2H3,(H,12,13);/q-1;+1. The van der Waals surface area contributed by atoms with Crippen molar-refractivity contribution >= 4 is 13.1 Å². The smallest absolute Gasteiger partial charge is 0.449 e. The van der Waals surface area contributed by atoms with Crippen molar-refractivity contribution in [1.29, 1.82) is 0 Å². The molecule has 0 aromatic carbocycles. The Morgan fingerprint density at radius 1 is 1.40 bits per heavy atom. The van der Waals surface area contributed by atoms with Crippen LogP contribution in [0.4, 0.5) is 17.7 Å². The van der Waals surface area contributed by atoms with Crippen molar-refractivity contribution in [2.24, 2.45) is 5.92 Å². The molecule has 15 heavy (non-hydrogen) atoms. The van der Waals surface area contributed by atoms with E-state index in [2.05, 4.69) is 4.74 Å². The fourth-order valence-electron chi connectivity index (χ4n) is 0.631. The normalized spacial score (nSPS) is 10.8. The summed E-state index contributed by atoms with van der Waals surface area (Å²) < 4.78 is 39.7. The molecule has 3 nitrogen and oxygen atoms in total. The summed E-state index contributed by atoms with van der Waals surface area (Å²) in [6.45, 7) is -1.35. The van der Waals surface area contributed by atoms with Crippen LogP contribution in [0.3, 0.4) is 0 Å². The number of nitrogens with one attached hydrogen (secondary N) is 1. The fraction of sp³-hybridized carbons (Fsp3) is 0.857. The van der Waals surface area contributed by atoms with Gasteiger partial charge in [0, 0.05) is 0 Å². The number of halogens is 3. The molecule has 0 radical (unpaired) electrons. The molecule has 0 heterocycles. The van der Waals surface area contributed by atoms with Gasteiger partial charge in [-0.3, -0.25) is 0 Å². The quantitative estimate of drug-likeness (QED) is 0.651. The molecular weight excluding hydrogens is 237 g/mol. The summed E-state index contributed by atoms with van der Waals surface area (Å²) in [4.78, 5) is 10.7. The molecule has 0 fully saturated rings. The Morgan fingerprint density at radius 3 is 2.33 bits per heavy atom. The number of carbonyl (C=O) groups is 1. The fourth-order valence-corrected chi connectivity index (χ4v) is 0.631. The maximum Gasteiger partial charge on any atom is 1.00 e. The van der Waals surface area contributed by atoms with Gasteiger partial charge in [-0.25, -0.2) is 4.79 Å². The van der Waals surface area contributed by atoms with E-state index >= 15 is 0 Å². The second-order valence-electron chi connectivity index (χ2n) is 3.42. The first-order valence-electron chi connectivity index (χ1n) is 4.43. The Bertz CT molecular complexity index is 190. The molecule has 84 valence electrons. The van der Waals surface area contributed by atoms with Gasteiger partial charge in [0.1, 0.15) is 0 Å². The molecular formula is C7H14BF3KNO2. The summed E-state index contributed by atoms with van der Waals surface area (Å²) in [5.74, 6) is 0.174. The predicted molar refractivity (Wildman–Crippen MR) is 48.1 cm³/mol. The number of carbonyl (C=O) groups excluding carboxylic acids is 1. The molecule has 1 N–H and O–H groups in total. The third-order valence-electron chi connectivity index (χ3n) is 1.29. The van der Waals surface area contributed by atoms with E-state index in [1.54, 1.807) is 0 Å². The van der Waals surface area contributed by atoms with E-state index in [-0.39, 0.29) is 63.9 Å². The summed E-state index contributed by atoms with van der Waals surface area (Å²) >= 11 is 0. The molecule has 0 unspecified atom stereocenters. The summed E-state index contributed by atoms with van der Waals surface area (Å²) in [6, 6.07) is 0. The molecule has 0 aliphatic carbocycles. The van der Waals surface area contributed by atoms with Crippen LogP contribution in [0.15, 0.2) is 0 Å². The van der Waals surface area contributed by atoms with Crippen molar-refractivity contribution in [2.75, 3.05) is 13.2 Å². The van der Waals surface area contributed by atoms with Gasteiger partial charge in [0.05, 0.1) is 6.61 Å². The van der Waals surface area contributed by atoms with Gasteiger partial charge in [-0.2, -0.15) is 0 Å². The topological polar surface area (TPSA) is 38.3 Å². The van der Waals surface area contributed by atoms with Crippen molar-refractivity contribution in [3.63, 3.8) is 0 Å². The maximum atomic E-state index is 11.7. The van der Waals surface area contributed by atoms with E-state index in [0.29, 0.717) is 0 Å². The van der Waals surface area contributed by atoms with Gasteiger partial charge < -0.3 is 23.0 Å². The zero-order chi connectivity index (χ0) is 11.2. The van der Waals surface area contributed by atoms with Crippen molar-refractivity contribution < 1.29 is 73.9 Å². The van der Waals surface area contributed by atoms with Crippen LogP contribution in [-0.4, -0.2) is 26.2 Å². The number of ether oxygens (including phenoxy) is 1. The Labute approximate surface area is 130 Å². The minimum Gasteiger partial charge on any atom is -0.449 e. The zero-order valence-corrected chi connectivity index (χ0v) is 12.3. The van der Waals surface area contributed by atoms with E-state index in [9.17, 15) is 17.7 Å². The number of amides is 1. The van der Waals surface area contributed by atoms with Gasteiger partial charge >= 0.3 is 64.5 Å². The van der Waals surface area contributed by atoms with Crippen molar-refractivity contribution in [3.8, 4) is 0 Å². The first-order chi connectivity index (χ1) is 6.31. The molecule has 0 aliphatic rings. The molecule has 0 atom stereocenters. The molecule has 0 aliphatic heterocycles. The number of rotatable bonds is 5. The Hall–Kier alpha value is 0.761. The van der Waals surface area contributed by atoms with E-state index in [1.165, 1.54) is 0 Å². The molecule has 0 saturated heterocycles. The van der Waals surface area contributed by atoms with Gasteiger partial charge in [0.2, 0.25) is 0 Å². The number of alkyl carbamates (subject to hydrolysis) is 1. The molecule has 0 bridgehead atoms. The number of hydrogen-bond acceptors (Lipinski definition) is 2. The largest absolute Gasteiger partial charge is 1.00 e.